The van der Waals surface area contributed by atoms with E-state index < -0.39 is 15.9 Å². The lowest BCUT2D eigenvalue weighted by atomic mass is 10.8. The van der Waals surface area contributed by atoms with Crippen LogP contribution in [0.4, 0.5) is 0 Å². The first-order chi connectivity index (χ1) is 6.42. The molecular formula is C5H6ClN3O3S2. The Morgan fingerprint density at radius 2 is 2.29 bits per heavy atom. The molecule has 1 aromatic heterocycles. The van der Waals surface area contributed by atoms with Crippen molar-refractivity contribution in [3.63, 3.8) is 0 Å². The van der Waals surface area contributed by atoms with Crippen molar-refractivity contribution >= 4 is 38.9 Å². The molecule has 1 heterocycles. The van der Waals surface area contributed by atoms with Crippen LogP contribution in [0.25, 0.3) is 0 Å². The number of carbonyl (C=O) groups is 1. The largest absolute Gasteiger partial charge is 0.278 e. The van der Waals surface area contributed by atoms with Gasteiger partial charge in [0.15, 0.2) is 8.68 Å². The van der Waals surface area contributed by atoms with Gasteiger partial charge >= 0.3 is 0 Å². The first kappa shape index (κ1) is 11.4. The summed E-state index contributed by atoms with van der Waals surface area (Å²) in [6, 6.07) is 0. The number of sulfonamides is 1. The molecule has 0 saturated heterocycles. The maximum atomic E-state index is 11.3. The Labute approximate surface area is 89.3 Å². The molecular weight excluding hydrogens is 250 g/mol. The van der Waals surface area contributed by atoms with Gasteiger partial charge in [0.25, 0.3) is 10.0 Å². The Balaban J connectivity index is 2.81. The standard InChI is InChI=1S/C5H6ClN3O3S2/c1-3(10)8-9-14(11,12)4-2-7-5(6)13-4/h2,9H,1H3,(H,8,10). The van der Waals surface area contributed by atoms with Crippen LogP contribution in [0.5, 0.6) is 0 Å². The first-order valence-electron chi connectivity index (χ1n) is 3.31. The lowest BCUT2D eigenvalue weighted by Gasteiger charge is -2.02. The van der Waals surface area contributed by atoms with E-state index in [0.29, 0.717) is 0 Å². The molecule has 0 fully saturated rings. The van der Waals surface area contributed by atoms with E-state index in [1.54, 1.807) is 0 Å². The zero-order chi connectivity index (χ0) is 10.8. The van der Waals surface area contributed by atoms with Crippen LogP contribution in [0.1, 0.15) is 6.92 Å². The molecule has 1 aromatic rings. The summed E-state index contributed by atoms with van der Waals surface area (Å²) >= 11 is 6.26. The normalized spacial score (nSPS) is 11.3. The van der Waals surface area contributed by atoms with E-state index in [-0.39, 0.29) is 8.68 Å². The van der Waals surface area contributed by atoms with Crippen molar-refractivity contribution in [1.29, 1.82) is 0 Å². The van der Waals surface area contributed by atoms with Crippen LogP contribution in [0.2, 0.25) is 4.47 Å². The monoisotopic (exact) mass is 255 g/mol. The quantitative estimate of drug-likeness (QED) is 0.752. The number of hydrogen-bond acceptors (Lipinski definition) is 5. The molecule has 2 N–H and O–H groups in total. The van der Waals surface area contributed by atoms with Crippen molar-refractivity contribution in [2.75, 3.05) is 0 Å². The van der Waals surface area contributed by atoms with Crippen LogP contribution >= 0.6 is 22.9 Å². The molecule has 1 amide bonds. The topological polar surface area (TPSA) is 88.2 Å². The lowest BCUT2D eigenvalue weighted by Crippen LogP contribution is -2.39. The highest BCUT2D eigenvalue weighted by molar-refractivity contribution is 7.91. The molecule has 0 aliphatic heterocycles. The summed E-state index contributed by atoms with van der Waals surface area (Å²) in [5.41, 5.74) is 1.95. The molecule has 6 nitrogen and oxygen atoms in total. The van der Waals surface area contributed by atoms with Gasteiger partial charge in [0.1, 0.15) is 0 Å². The number of hydrazine groups is 1. The van der Waals surface area contributed by atoms with Crippen LogP contribution in [0.3, 0.4) is 0 Å². The van der Waals surface area contributed by atoms with Gasteiger partial charge in [-0.2, -0.15) is 0 Å². The fraction of sp³-hybridized carbons (Fsp3) is 0.200. The molecule has 9 heteroatoms. The molecule has 0 aromatic carbocycles. The molecule has 0 aliphatic rings. The minimum atomic E-state index is -3.74. The molecule has 0 atom stereocenters. The highest BCUT2D eigenvalue weighted by Gasteiger charge is 2.17. The van der Waals surface area contributed by atoms with Gasteiger partial charge in [-0.25, -0.2) is 13.4 Å². The molecule has 0 aliphatic carbocycles. The predicted octanol–water partition coefficient (Wildman–Crippen LogP) is 0.126. The number of halogens is 1. The van der Waals surface area contributed by atoms with E-state index in [4.69, 9.17) is 11.6 Å². The van der Waals surface area contributed by atoms with E-state index in [9.17, 15) is 13.2 Å². The summed E-state index contributed by atoms with van der Waals surface area (Å²) in [5, 5.41) is 0. The van der Waals surface area contributed by atoms with Gasteiger partial charge < -0.3 is 0 Å². The van der Waals surface area contributed by atoms with Crippen LogP contribution in [0.15, 0.2) is 10.4 Å². The Hall–Kier alpha value is -0.700. The van der Waals surface area contributed by atoms with Crippen molar-refractivity contribution in [2.24, 2.45) is 0 Å². The molecule has 78 valence electrons. The zero-order valence-electron chi connectivity index (χ0n) is 6.94. The Morgan fingerprint density at radius 3 is 2.71 bits per heavy atom. The average molecular weight is 256 g/mol. The van der Waals surface area contributed by atoms with Crippen molar-refractivity contribution < 1.29 is 13.2 Å². The van der Waals surface area contributed by atoms with E-state index in [0.717, 1.165) is 17.5 Å². The SMILES string of the molecule is CC(=O)NNS(=O)(=O)c1cnc(Cl)s1. The van der Waals surface area contributed by atoms with Gasteiger partial charge in [-0.3, -0.25) is 10.2 Å². The van der Waals surface area contributed by atoms with Gasteiger partial charge in [0, 0.05) is 6.92 Å². The van der Waals surface area contributed by atoms with Crippen LogP contribution < -0.4 is 10.3 Å². The lowest BCUT2D eigenvalue weighted by molar-refractivity contribution is -0.119. The second kappa shape index (κ2) is 4.22. The number of nitrogens with zero attached hydrogens (tertiary/aromatic N) is 1. The molecule has 0 spiro atoms. The highest BCUT2D eigenvalue weighted by atomic mass is 35.5. The van der Waals surface area contributed by atoms with Gasteiger partial charge in [0.2, 0.25) is 5.91 Å². The maximum Gasteiger partial charge on any atom is 0.268 e. The zero-order valence-corrected chi connectivity index (χ0v) is 9.33. The predicted molar refractivity (Wildman–Crippen MR) is 51.3 cm³/mol. The Kier molecular flexibility index (Phi) is 3.43. The smallest absolute Gasteiger partial charge is 0.268 e. The van der Waals surface area contributed by atoms with E-state index in [1.807, 2.05) is 10.3 Å². The van der Waals surface area contributed by atoms with E-state index >= 15 is 0 Å². The number of amides is 1. The number of rotatable bonds is 3. The minimum absolute atomic E-state index is 0.0590. The van der Waals surface area contributed by atoms with Crippen molar-refractivity contribution in [3.05, 3.63) is 10.7 Å². The van der Waals surface area contributed by atoms with Gasteiger partial charge in [0.05, 0.1) is 6.20 Å². The Bertz CT molecular complexity index is 441. The minimum Gasteiger partial charge on any atom is -0.278 e. The van der Waals surface area contributed by atoms with Gasteiger partial charge in [-0.1, -0.05) is 22.9 Å². The summed E-state index contributed by atoms with van der Waals surface area (Å²) in [7, 11) is -3.74. The van der Waals surface area contributed by atoms with Crippen LogP contribution in [-0.2, 0) is 14.8 Å². The average Bonchev–Trinajstić information content (AvgIpc) is 2.49. The molecule has 1 rings (SSSR count). The summed E-state index contributed by atoms with van der Waals surface area (Å²) < 4.78 is 22.7. The molecule has 0 radical (unpaired) electrons. The maximum absolute atomic E-state index is 11.3. The Morgan fingerprint density at radius 1 is 1.64 bits per heavy atom. The van der Waals surface area contributed by atoms with Gasteiger partial charge in [-0.05, 0) is 0 Å². The van der Waals surface area contributed by atoms with Crippen molar-refractivity contribution in [1.82, 2.24) is 15.2 Å². The third-order valence-corrected chi connectivity index (χ3v) is 3.91. The van der Waals surface area contributed by atoms with Crippen LogP contribution in [0, 0.1) is 0 Å². The summed E-state index contributed by atoms with van der Waals surface area (Å²) in [6.07, 6.45) is 1.11. The second-order valence-electron chi connectivity index (χ2n) is 2.22. The number of carbonyl (C=O) groups excluding carboxylic acids is 1. The summed E-state index contributed by atoms with van der Waals surface area (Å²) in [4.78, 5) is 15.9. The van der Waals surface area contributed by atoms with Gasteiger partial charge in [-0.15, -0.1) is 4.83 Å². The number of hydrogen-bond donors (Lipinski definition) is 2. The fourth-order valence-electron chi connectivity index (χ4n) is 0.553. The second-order valence-corrected chi connectivity index (χ2v) is 5.74. The third-order valence-electron chi connectivity index (χ3n) is 1.08. The van der Waals surface area contributed by atoms with E-state index in [1.165, 1.54) is 6.92 Å². The van der Waals surface area contributed by atoms with Crippen molar-refractivity contribution in [2.45, 2.75) is 11.1 Å². The van der Waals surface area contributed by atoms with Crippen molar-refractivity contribution in [3.8, 4) is 0 Å². The number of aromatic nitrogens is 1. The molecule has 0 bridgehead atoms. The third kappa shape index (κ3) is 2.91. The van der Waals surface area contributed by atoms with E-state index in [2.05, 4.69) is 4.98 Å². The first-order valence-corrected chi connectivity index (χ1v) is 5.99. The number of thiazole rings is 1. The molecule has 14 heavy (non-hydrogen) atoms. The fourth-order valence-corrected chi connectivity index (χ4v) is 2.74. The van der Waals surface area contributed by atoms with Crippen LogP contribution in [-0.4, -0.2) is 19.3 Å². The molecule has 0 saturated carbocycles. The highest BCUT2D eigenvalue weighted by Crippen LogP contribution is 2.21. The summed E-state index contributed by atoms with van der Waals surface area (Å²) in [5.74, 6) is -0.510. The molecule has 0 unspecified atom stereocenters. The number of nitrogens with one attached hydrogen (secondary N) is 2. The summed E-state index contributed by atoms with van der Waals surface area (Å²) in [6.45, 7) is 1.18.